The van der Waals surface area contributed by atoms with E-state index in [9.17, 15) is 10.1 Å². The number of alkyl halides is 1. The van der Waals surface area contributed by atoms with Gasteiger partial charge in [-0.1, -0.05) is 0 Å². The Hall–Kier alpha value is -1.80. The minimum Gasteiger partial charge on any atom is -0.493 e. The molecular formula is C13H15ClN2O3. The van der Waals surface area contributed by atoms with Crippen molar-refractivity contribution in [3.8, 4) is 11.8 Å². The molecule has 0 heterocycles. The molecular weight excluding hydrogens is 268 g/mol. The number of ether oxygens (including phenoxy) is 1. The van der Waals surface area contributed by atoms with Gasteiger partial charge in [-0.25, -0.2) is 0 Å². The Morgan fingerprint density at radius 2 is 2.21 bits per heavy atom. The molecule has 0 aliphatic heterocycles. The highest BCUT2D eigenvalue weighted by atomic mass is 35.5. The van der Waals surface area contributed by atoms with E-state index in [-0.39, 0.29) is 11.6 Å². The molecule has 19 heavy (non-hydrogen) atoms. The Morgan fingerprint density at radius 3 is 2.74 bits per heavy atom. The zero-order valence-electron chi connectivity index (χ0n) is 10.9. The quantitative estimate of drug-likeness (QED) is 0.453. The highest BCUT2D eigenvalue weighted by Crippen LogP contribution is 2.27. The molecule has 0 unspecified atom stereocenters. The minimum atomic E-state index is -0.474. The van der Waals surface area contributed by atoms with Gasteiger partial charge in [0.05, 0.1) is 28.9 Å². The van der Waals surface area contributed by atoms with Gasteiger partial charge in [0.15, 0.2) is 0 Å². The largest absolute Gasteiger partial charge is 0.493 e. The van der Waals surface area contributed by atoms with E-state index < -0.39 is 10.3 Å². The second-order valence-corrected chi connectivity index (χ2v) is 5.04. The Bertz CT molecular complexity index is 509. The molecule has 0 radical (unpaired) electrons. The number of rotatable bonds is 6. The van der Waals surface area contributed by atoms with Gasteiger partial charge >= 0.3 is 0 Å². The Morgan fingerprint density at radius 1 is 1.53 bits per heavy atom. The zero-order valence-corrected chi connectivity index (χ0v) is 11.6. The van der Waals surface area contributed by atoms with E-state index in [2.05, 4.69) is 6.07 Å². The average Bonchev–Trinajstić information content (AvgIpc) is 2.38. The molecule has 1 rings (SSSR count). The zero-order chi connectivity index (χ0) is 14.5. The summed E-state index contributed by atoms with van der Waals surface area (Å²) in [6.45, 7) is 4.02. The molecule has 1 aromatic rings. The molecule has 0 saturated heterocycles. The fourth-order valence-electron chi connectivity index (χ4n) is 1.40. The van der Waals surface area contributed by atoms with E-state index >= 15 is 0 Å². The molecule has 1 aromatic carbocycles. The van der Waals surface area contributed by atoms with Gasteiger partial charge in [-0.3, -0.25) is 10.1 Å². The number of nitro benzene ring substituents is 1. The predicted molar refractivity (Wildman–Crippen MR) is 72.2 cm³/mol. The van der Waals surface area contributed by atoms with E-state index in [1.54, 1.807) is 0 Å². The van der Waals surface area contributed by atoms with E-state index in [0.717, 1.165) is 0 Å². The van der Waals surface area contributed by atoms with E-state index in [1.165, 1.54) is 18.2 Å². The number of benzene rings is 1. The molecule has 0 atom stereocenters. The number of hydrogen-bond acceptors (Lipinski definition) is 4. The number of nitro groups is 1. The molecule has 0 N–H and O–H groups in total. The summed E-state index contributed by atoms with van der Waals surface area (Å²) in [7, 11) is 0. The summed E-state index contributed by atoms with van der Waals surface area (Å²) in [5.41, 5.74) is 0.105. The third-order valence-electron chi connectivity index (χ3n) is 2.69. The summed E-state index contributed by atoms with van der Waals surface area (Å²) in [5, 5.41) is 19.5. The van der Waals surface area contributed by atoms with Gasteiger partial charge in [-0.2, -0.15) is 5.26 Å². The maximum absolute atomic E-state index is 10.7. The number of non-ortho nitro benzene ring substituents is 1. The molecule has 0 amide bonds. The molecule has 6 heteroatoms. The van der Waals surface area contributed by atoms with Crippen LogP contribution < -0.4 is 4.74 Å². The van der Waals surface area contributed by atoms with Gasteiger partial charge in [0.25, 0.3) is 5.69 Å². The first-order valence-corrected chi connectivity index (χ1v) is 6.30. The summed E-state index contributed by atoms with van der Waals surface area (Å²) in [5.74, 6) is 0.660. The van der Waals surface area contributed by atoms with Crippen LogP contribution in [0.15, 0.2) is 18.2 Å². The second-order valence-electron chi connectivity index (χ2n) is 4.78. The van der Waals surface area contributed by atoms with Crippen molar-refractivity contribution in [3.63, 3.8) is 0 Å². The summed E-state index contributed by atoms with van der Waals surface area (Å²) < 4.78 is 5.54. The van der Waals surface area contributed by atoms with Crippen LogP contribution in [0, 0.1) is 26.9 Å². The van der Waals surface area contributed by atoms with E-state index in [4.69, 9.17) is 21.6 Å². The first-order valence-electron chi connectivity index (χ1n) is 5.77. The van der Waals surface area contributed by atoms with Gasteiger partial charge < -0.3 is 4.74 Å². The third-order valence-corrected chi connectivity index (χ3v) is 2.97. The van der Waals surface area contributed by atoms with Gasteiger partial charge in [0, 0.05) is 17.7 Å². The van der Waals surface area contributed by atoms with Crippen LogP contribution in [0.3, 0.4) is 0 Å². The van der Waals surface area contributed by atoms with Crippen LogP contribution in [-0.4, -0.2) is 11.5 Å². The summed E-state index contributed by atoms with van der Waals surface area (Å²) in [6.07, 6.45) is 0.572. The first kappa shape index (κ1) is 15.3. The van der Waals surface area contributed by atoms with Crippen molar-refractivity contribution < 1.29 is 9.66 Å². The van der Waals surface area contributed by atoms with Crippen molar-refractivity contribution in [1.29, 1.82) is 5.26 Å². The minimum absolute atomic E-state index is 0.0136. The standard InChI is InChI=1S/C13H15ClN2O3/c1-13(2,9-15)5-6-19-12-4-3-11(16(17)18)7-10(12)8-14/h3-4,7H,5-6,8H2,1-2H3. The van der Waals surface area contributed by atoms with Gasteiger partial charge in [-0.15, -0.1) is 11.6 Å². The molecule has 0 bridgehead atoms. The normalized spacial score (nSPS) is 10.8. The molecule has 102 valence electrons. The van der Waals surface area contributed by atoms with E-state index in [0.29, 0.717) is 24.3 Å². The molecule has 0 aromatic heterocycles. The van der Waals surface area contributed by atoms with Crippen molar-refractivity contribution in [2.24, 2.45) is 5.41 Å². The predicted octanol–water partition coefficient (Wildman–Crippen LogP) is 3.65. The van der Waals surface area contributed by atoms with Crippen LogP contribution in [0.1, 0.15) is 25.8 Å². The molecule has 0 aliphatic carbocycles. The number of nitrogens with zero attached hydrogens (tertiary/aromatic N) is 2. The van der Waals surface area contributed by atoms with Crippen molar-refractivity contribution >= 4 is 17.3 Å². The maximum atomic E-state index is 10.7. The fourth-order valence-corrected chi connectivity index (χ4v) is 1.61. The highest BCUT2D eigenvalue weighted by molar-refractivity contribution is 6.17. The lowest BCUT2D eigenvalue weighted by Crippen LogP contribution is -2.13. The molecule has 0 aliphatic rings. The first-order chi connectivity index (χ1) is 8.89. The number of hydrogen-bond donors (Lipinski definition) is 0. The third kappa shape index (κ3) is 4.42. The SMILES string of the molecule is CC(C)(C#N)CCOc1ccc([N+](=O)[O-])cc1CCl. The second kappa shape index (κ2) is 6.39. The topological polar surface area (TPSA) is 76.2 Å². The summed E-state index contributed by atoms with van der Waals surface area (Å²) >= 11 is 5.75. The lowest BCUT2D eigenvalue weighted by molar-refractivity contribution is -0.384. The van der Waals surface area contributed by atoms with Gasteiger partial charge in [0.1, 0.15) is 5.75 Å². The Labute approximate surface area is 116 Å². The summed E-state index contributed by atoms with van der Waals surface area (Å²) in [4.78, 5) is 10.2. The molecule has 0 spiro atoms. The lowest BCUT2D eigenvalue weighted by Gasteiger charge is -2.16. The van der Waals surface area contributed by atoms with Crippen molar-refractivity contribution in [3.05, 3.63) is 33.9 Å². The number of nitriles is 1. The fraction of sp³-hybridized carbons (Fsp3) is 0.462. The average molecular weight is 283 g/mol. The Kier molecular flexibility index (Phi) is 5.13. The highest BCUT2D eigenvalue weighted by Gasteiger charge is 2.17. The van der Waals surface area contributed by atoms with Crippen LogP contribution >= 0.6 is 11.6 Å². The summed E-state index contributed by atoms with van der Waals surface area (Å²) in [6, 6.07) is 6.50. The van der Waals surface area contributed by atoms with Gasteiger partial charge in [0.2, 0.25) is 0 Å². The van der Waals surface area contributed by atoms with Crippen LogP contribution in [0.25, 0.3) is 0 Å². The Balaban J connectivity index is 2.74. The molecule has 5 nitrogen and oxygen atoms in total. The van der Waals surface area contributed by atoms with Crippen LogP contribution in [0.2, 0.25) is 0 Å². The van der Waals surface area contributed by atoms with Crippen molar-refractivity contribution in [1.82, 2.24) is 0 Å². The monoisotopic (exact) mass is 282 g/mol. The lowest BCUT2D eigenvalue weighted by atomic mass is 9.92. The van der Waals surface area contributed by atoms with Crippen LogP contribution in [-0.2, 0) is 5.88 Å². The van der Waals surface area contributed by atoms with E-state index in [1.807, 2.05) is 13.8 Å². The number of halogens is 1. The van der Waals surface area contributed by atoms with Gasteiger partial charge in [-0.05, 0) is 26.3 Å². The van der Waals surface area contributed by atoms with Crippen molar-refractivity contribution in [2.45, 2.75) is 26.1 Å². The molecule has 0 fully saturated rings. The smallest absolute Gasteiger partial charge is 0.270 e. The maximum Gasteiger partial charge on any atom is 0.270 e. The molecule has 0 saturated carbocycles. The van der Waals surface area contributed by atoms with Crippen LogP contribution in [0.4, 0.5) is 5.69 Å². The van der Waals surface area contributed by atoms with Crippen molar-refractivity contribution in [2.75, 3.05) is 6.61 Å². The van der Waals surface area contributed by atoms with Crippen LogP contribution in [0.5, 0.6) is 5.75 Å².